The van der Waals surface area contributed by atoms with Gasteiger partial charge in [-0.2, -0.15) is 0 Å². The number of amides is 2. The Labute approximate surface area is 175 Å². The number of benzene rings is 1. The Morgan fingerprint density at radius 3 is 2.27 bits per heavy atom. The molecule has 30 heavy (non-hydrogen) atoms. The first kappa shape index (κ1) is 20.9. The van der Waals surface area contributed by atoms with Crippen LogP contribution >= 0.6 is 0 Å². The number of rotatable bonds is 3. The molecule has 1 aromatic carbocycles. The summed E-state index contributed by atoms with van der Waals surface area (Å²) in [4.78, 5) is 37.3. The normalized spacial score (nSPS) is 23.4. The van der Waals surface area contributed by atoms with Crippen LogP contribution in [0.15, 0.2) is 23.0 Å². The summed E-state index contributed by atoms with van der Waals surface area (Å²) in [6, 6.07) is 4.79. The van der Waals surface area contributed by atoms with Crippen molar-refractivity contribution in [2.24, 2.45) is 0 Å². The van der Waals surface area contributed by atoms with E-state index in [0.29, 0.717) is 17.5 Å². The van der Waals surface area contributed by atoms with Gasteiger partial charge in [-0.3, -0.25) is 24.0 Å². The van der Waals surface area contributed by atoms with Gasteiger partial charge in [-0.05, 0) is 65.6 Å². The zero-order valence-electron chi connectivity index (χ0n) is 18.3. The number of nitrogens with zero attached hydrogens (tertiary/aromatic N) is 2. The summed E-state index contributed by atoms with van der Waals surface area (Å²) in [7, 11) is -0.547. The van der Waals surface area contributed by atoms with E-state index in [9.17, 15) is 14.4 Å². The first-order valence-corrected chi connectivity index (χ1v) is 10.4. The molecular formula is C21H28BN3O5. The first-order valence-electron chi connectivity index (χ1n) is 10.4. The Hall–Kier alpha value is -2.39. The standard InChI is InChI=1S/C21H28BN3O5/c1-12(2)24-16-11-13(22-29-20(3,4)21(5,6)30-22)7-8-14(16)25(19(24)28)15-9-10-17(26)23-18(15)27/h7-8,11-12,15H,9-10H2,1-6H3,(H,23,26,27). The van der Waals surface area contributed by atoms with Crippen LogP contribution in [0.5, 0.6) is 0 Å². The van der Waals surface area contributed by atoms with Crippen LogP contribution in [0.2, 0.25) is 0 Å². The van der Waals surface area contributed by atoms with E-state index >= 15 is 0 Å². The topological polar surface area (TPSA) is 91.6 Å². The second-order valence-electron chi connectivity index (χ2n) is 9.42. The first-order chi connectivity index (χ1) is 13.9. The van der Waals surface area contributed by atoms with E-state index in [-0.39, 0.29) is 24.1 Å². The van der Waals surface area contributed by atoms with E-state index in [1.54, 1.807) is 4.57 Å². The molecule has 1 N–H and O–H groups in total. The minimum absolute atomic E-state index is 0.108. The Kier molecular flexibility index (Phi) is 4.74. The fourth-order valence-corrected chi connectivity index (χ4v) is 4.11. The maximum Gasteiger partial charge on any atom is 0.494 e. The Morgan fingerprint density at radius 1 is 1.07 bits per heavy atom. The van der Waals surface area contributed by atoms with Crippen LogP contribution in [0.1, 0.15) is 66.5 Å². The lowest BCUT2D eigenvalue weighted by Crippen LogP contribution is -2.44. The lowest BCUT2D eigenvalue weighted by atomic mass is 9.79. The van der Waals surface area contributed by atoms with Gasteiger partial charge in [-0.25, -0.2) is 4.79 Å². The third kappa shape index (κ3) is 3.11. The van der Waals surface area contributed by atoms with Crippen molar-refractivity contribution in [3.8, 4) is 0 Å². The molecule has 0 saturated carbocycles. The number of carbonyl (C=O) groups excluding carboxylic acids is 2. The minimum atomic E-state index is -0.708. The quantitative estimate of drug-likeness (QED) is 0.611. The van der Waals surface area contributed by atoms with Gasteiger partial charge < -0.3 is 9.31 Å². The Bertz CT molecular complexity index is 1080. The predicted octanol–water partition coefficient (Wildman–Crippen LogP) is 1.66. The van der Waals surface area contributed by atoms with Gasteiger partial charge in [0.25, 0.3) is 0 Å². The second kappa shape index (κ2) is 6.82. The molecule has 2 aliphatic rings. The van der Waals surface area contributed by atoms with Gasteiger partial charge in [0.1, 0.15) is 6.04 Å². The predicted molar refractivity (Wildman–Crippen MR) is 114 cm³/mol. The van der Waals surface area contributed by atoms with E-state index < -0.39 is 30.3 Å². The Morgan fingerprint density at radius 2 is 1.70 bits per heavy atom. The van der Waals surface area contributed by atoms with Gasteiger partial charge in [0.05, 0.1) is 22.2 Å². The van der Waals surface area contributed by atoms with Gasteiger partial charge in [-0.1, -0.05) is 6.07 Å². The summed E-state index contributed by atoms with van der Waals surface area (Å²) in [5, 5.41) is 2.35. The number of piperidine rings is 1. The molecule has 4 rings (SSSR count). The molecule has 2 aliphatic heterocycles. The highest BCUT2D eigenvalue weighted by atomic mass is 16.7. The summed E-state index contributed by atoms with van der Waals surface area (Å²) in [6.07, 6.45) is 0.518. The molecule has 0 spiro atoms. The monoisotopic (exact) mass is 413 g/mol. The maximum atomic E-state index is 13.3. The molecule has 1 atom stereocenters. The van der Waals surface area contributed by atoms with Gasteiger partial charge in [0, 0.05) is 12.5 Å². The molecule has 2 amide bonds. The smallest absolute Gasteiger partial charge is 0.399 e. The molecule has 8 nitrogen and oxygen atoms in total. The van der Waals surface area contributed by atoms with Gasteiger partial charge in [0.15, 0.2) is 0 Å². The van der Waals surface area contributed by atoms with E-state index in [4.69, 9.17) is 9.31 Å². The molecule has 0 bridgehead atoms. The third-order valence-electron chi connectivity index (χ3n) is 6.49. The molecule has 2 fully saturated rings. The Balaban J connectivity index is 1.83. The number of hydrogen-bond acceptors (Lipinski definition) is 5. The third-order valence-corrected chi connectivity index (χ3v) is 6.49. The summed E-state index contributed by atoms with van der Waals surface area (Å²) < 4.78 is 15.5. The zero-order chi connectivity index (χ0) is 22.0. The number of imidazole rings is 1. The van der Waals surface area contributed by atoms with Crippen molar-refractivity contribution in [1.29, 1.82) is 0 Å². The largest absolute Gasteiger partial charge is 0.494 e. The summed E-state index contributed by atoms with van der Waals surface area (Å²) in [5.74, 6) is -0.744. The molecule has 0 aliphatic carbocycles. The van der Waals surface area contributed by atoms with Crippen LogP contribution < -0.4 is 16.5 Å². The summed E-state index contributed by atoms with van der Waals surface area (Å²) in [5.41, 5.74) is 0.985. The fraction of sp³-hybridized carbons (Fsp3) is 0.571. The molecule has 2 saturated heterocycles. The zero-order valence-corrected chi connectivity index (χ0v) is 18.3. The lowest BCUT2D eigenvalue weighted by Gasteiger charge is -2.32. The van der Waals surface area contributed by atoms with Gasteiger partial charge in [-0.15, -0.1) is 0 Å². The van der Waals surface area contributed by atoms with Crippen molar-refractivity contribution in [3.05, 3.63) is 28.7 Å². The van der Waals surface area contributed by atoms with Crippen LogP contribution in [0.4, 0.5) is 0 Å². The maximum absolute atomic E-state index is 13.3. The van der Waals surface area contributed by atoms with Crippen molar-refractivity contribution in [2.45, 2.75) is 77.7 Å². The van der Waals surface area contributed by atoms with E-state index in [0.717, 1.165) is 5.46 Å². The average molecular weight is 413 g/mol. The molecule has 2 aromatic rings. The highest BCUT2D eigenvalue weighted by molar-refractivity contribution is 6.62. The molecular weight excluding hydrogens is 385 g/mol. The van der Waals surface area contributed by atoms with Gasteiger partial charge in [0.2, 0.25) is 11.8 Å². The highest BCUT2D eigenvalue weighted by Crippen LogP contribution is 2.36. The van der Waals surface area contributed by atoms with Crippen molar-refractivity contribution >= 4 is 35.4 Å². The number of imide groups is 1. The van der Waals surface area contributed by atoms with Crippen molar-refractivity contribution in [2.75, 3.05) is 0 Å². The molecule has 1 unspecified atom stereocenters. The molecule has 160 valence electrons. The van der Waals surface area contributed by atoms with Crippen LogP contribution in [-0.4, -0.2) is 39.3 Å². The van der Waals surface area contributed by atoms with E-state index in [2.05, 4.69) is 5.32 Å². The van der Waals surface area contributed by atoms with Gasteiger partial charge >= 0.3 is 12.8 Å². The number of aromatic nitrogens is 2. The number of hydrogen-bond donors (Lipinski definition) is 1. The van der Waals surface area contributed by atoms with Crippen molar-refractivity contribution in [3.63, 3.8) is 0 Å². The molecule has 9 heteroatoms. The van der Waals surface area contributed by atoms with Crippen LogP contribution in [0, 0.1) is 0 Å². The lowest BCUT2D eigenvalue weighted by molar-refractivity contribution is -0.135. The van der Waals surface area contributed by atoms with E-state index in [1.807, 2.05) is 59.7 Å². The van der Waals surface area contributed by atoms with Crippen LogP contribution in [-0.2, 0) is 18.9 Å². The molecule has 0 radical (unpaired) electrons. The van der Waals surface area contributed by atoms with Crippen molar-refractivity contribution in [1.82, 2.24) is 14.5 Å². The summed E-state index contributed by atoms with van der Waals surface area (Å²) >= 11 is 0. The highest BCUT2D eigenvalue weighted by Gasteiger charge is 2.51. The van der Waals surface area contributed by atoms with Crippen molar-refractivity contribution < 1.29 is 18.9 Å². The summed E-state index contributed by atoms with van der Waals surface area (Å²) in [6.45, 7) is 11.8. The minimum Gasteiger partial charge on any atom is -0.399 e. The fourth-order valence-electron chi connectivity index (χ4n) is 4.11. The molecule has 1 aromatic heterocycles. The number of carbonyl (C=O) groups is 2. The van der Waals surface area contributed by atoms with Crippen LogP contribution in [0.25, 0.3) is 11.0 Å². The average Bonchev–Trinajstić information content (AvgIpc) is 3.03. The number of fused-ring (bicyclic) bond motifs is 1. The SMILES string of the molecule is CC(C)n1c(=O)n(C2CCC(=O)NC2=O)c2ccc(B3OC(C)(C)C(C)(C)O3)cc21. The molecule has 3 heterocycles. The van der Waals surface area contributed by atoms with E-state index in [1.165, 1.54) is 4.57 Å². The number of nitrogens with one attached hydrogen (secondary N) is 1. The van der Waals surface area contributed by atoms with Crippen LogP contribution in [0.3, 0.4) is 0 Å². The second-order valence-corrected chi connectivity index (χ2v) is 9.42.